The van der Waals surface area contributed by atoms with E-state index in [0.717, 1.165) is 12.4 Å². The highest BCUT2D eigenvalue weighted by Crippen LogP contribution is 2.24. The highest BCUT2D eigenvalue weighted by atomic mass is 32.2. The number of primary sulfonamides is 1. The largest absolute Gasteiger partial charge is 0.381 e. The predicted molar refractivity (Wildman–Crippen MR) is 54.1 cm³/mol. The maximum atomic E-state index is 12.6. The first-order valence-electron chi connectivity index (χ1n) is 4.37. The first-order valence-corrected chi connectivity index (χ1v) is 5.98. The summed E-state index contributed by atoms with van der Waals surface area (Å²) in [4.78, 5) is 7.06. The molecule has 0 amide bonds. The van der Waals surface area contributed by atoms with Crippen molar-refractivity contribution in [2.24, 2.45) is 5.14 Å². The topological polar surface area (TPSA) is 106 Å². The third-order valence-electron chi connectivity index (χ3n) is 2.36. The molecule has 1 aromatic rings. The Bertz CT molecular complexity index is 472. The molecule has 0 aliphatic carbocycles. The molecule has 0 radical (unpaired) electrons. The number of nitrogens with two attached hydrogens (primary N) is 1. The average molecular weight is 249 g/mol. The van der Waals surface area contributed by atoms with Crippen molar-refractivity contribution >= 4 is 10.0 Å². The fourth-order valence-corrected chi connectivity index (χ4v) is 1.82. The summed E-state index contributed by atoms with van der Waals surface area (Å²) >= 11 is 0. The van der Waals surface area contributed by atoms with Gasteiger partial charge in [-0.15, -0.1) is 0 Å². The van der Waals surface area contributed by atoms with E-state index in [1.165, 1.54) is 13.8 Å². The van der Waals surface area contributed by atoms with Crippen LogP contribution in [0.3, 0.4) is 0 Å². The Balaban J connectivity index is 3.16. The first kappa shape index (κ1) is 12.9. The summed E-state index contributed by atoms with van der Waals surface area (Å²) in [6.07, 6.45) is 1.68. The van der Waals surface area contributed by atoms with Crippen molar-refractivity contribution in [2.75, 3.05) is 0 Å². The fraction of sp³-hybridized carbons (Fsp3) is 0.500. The number of hydrogen-bond donors (Lipinski definition) is 2. The molecule has 6 nitrogen and oxygen atoms in total. The Kier molecular flexibility index (Phi) is 3.27. The van der Waals surface area contributed by atoms with Crippen molar-refractivity contribution < 1.29 is 17.9 Å². The molecule has 0 spiro atoms. The summed E-state index contributed by atoms with van der Waals surface area (Å²) in [5, 5.41) is 13.6. The average Bonchev–Trinajstić information content (AvgIpc) is 2.16. The summed E-state index contributed by atoms with van der Waals surface area (Å²) in [5.74, 6) is -0.877. The lowest BCUT2D eigenvalue weighted by Gasteiger charge is -2.26. The van der Waals surface area contributed by atoms with Crippen molar-refractivity contribution in [3.8, 4) is 0 Å². The quantitative estimate of drug-likeness (QED) is 0.751. The van der Waals surface area contributed by atoms with Crippen LogP contribution in [0.15, 0.2) is 12.4 Å². The smallest absolute Gasteiger partial charge is 0.215 e. The number of aromatic nitrogens is 2. The standard InChI is InChI=1S/C8H12FN3O3S/c1-5(16(10,14)15)8(2,13)7-11-3-6(9)4-12-7/h3-5,13H,1-2H3,(H2,10,14,15)/t5-,8-/m1/s1. The highest BCUT2D eigenvalue weighted by Gasteiger charge is 2.40. The summed E-state index contributed by atoms with van der Waals surface area (Å²) < 4.78 is 34.8. The Hall–Kier alpha value is -1.12. The van der Waals surface area contributed by atoms with Gasteiger partial charge in [-0.3, -0.25) is 0 Å². The molecule has 1 heterocycles. The molecule has 16 heavy (non-hydrogen) atoms. The normalized spacial score (nSPS) is 17.8. The minimum atomic E-state index is -3.94. The summed E-state index contributed by atoms with van der Waals surface area (Å²) in [6, 6.07) is 0. The molecule has 2 atom stereocenters. The molecule has 1 aromatic heterocycles. The minimum Gasteiger partial charge on any atom is -0.381 e. The van der Waals surface area contributed by atoms with Gasteiger partial charge in [-0.1, -0.05) is 0 Å². The lowest BCUT2D eigenvalue weighted by atomic mass is 10.0. The van der Waals surface area contributed by atoms with E-state index in [1.807, 2.05) is 0 Å². The molecule has 0 saturated carbocycles. The van der Waals surface area contributed by atoms with Crippen LogP contribution in [0, 0.1) is 5.82 Å². The fourth-order valence-electron chi connectivity index (χ4n) is 1.08. The van der Waals surface area contributed by atoms with Gasteiger partial charge in [0.25, 0.3) is 0 Å². The predicted octanol–water partition coefficient (Wildman–Crippen LogP) is -0.500. The van der Waals surface area contributed by atoms with E-state index in [2.05, 4.69) is 9.97 Å². The Labute approximate surface area is 92.4 Å². The third kappa shape index (κ3) is 2.52. The second kappa shape index (κ2) is 4.04. The van der Waals surface area contributed by atoms with Gasteiger partial charge in [-0.25, -0.2) is 27.9 Å². The zero-order chi connectivity index (χ0) is 12.6. The van der Waals surface area contributed by atoms with Gasteiger partial charge in [0, 0.05) is 0 Å². The lowest BCUT2D eigenvalue weighted by Crippen LogP contribution is -2.44. The van der Waals surface area contributed by atoms with Crippen LogP contribution in [0.5, 0.6) is 0 Å². The molecule has 1 rings (SSSR count). The molecule has 90 valence electrons. The minimum absolute atomic E-state index is 0.199. The van der Waals surface area contributed by atoms with Crippen molar-refractivity contribution in [3.63, 3.8) is 0 Å². The number of hydrogen-bond acceptors (Lipinski definition) is 5. The van der Waals surface area contributed by atoms with Crippen molar-refractivity contribution in [3.05, 3.63) is 24.0 Å². The Morgan fingerprint density at radius 2 is 1.94 bits per heavy atom. The second-order valence-electron chi connectivity index (χ2n) is 3.60. The van der Waals surface area contributed by atoms with Crippen LogP contribution in [0.2, 0.25) is 0 Å². The molecular weight excluding hydrogens is 237 g/mol. The van der Waals surface area contributed by atoms with Gasteiger partial charge in [0.15, 0.2) is 11.6 Å². The van der Waals surface area contributed by atoms with Crippen LogP contribution >= 0.6 is 0 Å². The number of aliphatic hydroxyl groups is 1. The molecule has 3 N–H and O–H groups in total. The molecule has 0 fully saturated rings. The molecule has 0 aliphatic rings. The summed E-state index contributed by atoms with van der Waals surface area (Å²) in [7, 11) is -3.94. The molecule has 0 saturated heterocycles. The summed E-state index contributed by atoms with van der Waals surface area (Å²) in [6.45, 7) is 2.43. The number of sulfonamides is 1. The Morgan fingerprint density at radius 1 is 1.50 bits per heavy atom. The third-order valence-corrected chi connectivity index (χ3v) is 3.80. The molecule has 0 unspecified atom stereocenters. The van der Waals surface area contributed by atoms with Crippen molar-refractivity contribution in [2.45, 2.75) is 24.7 Å². The SMILES string of the molecule is C[C@H]([C@@](C)(O)c1ncc(F)cn1)S(N)(=O)=O. The Morgan fingerprint density at radius 3 is 2.31 bits per heavy atom. The monoisotopic (exact) mass is 249 g/mol. The molecule has 0 aliphatic heterocycles. The van der Waals surface area contributed by atoms with Gasteiger partial charge < -0.3 is 5.11 Å². The number of rotatable bonds is 3. The van der Waals surface area contributed by atoms with Crippen LogP contribution < -0.4 is 5.14 Å². The van der Waals surface area contributed by atoms with Crippen LogP contribution in [-0.4, -0.2) is 28.7 Å². The van der Waals surface area contributed by atoms with Gasteiger partial charge in [0.1, 0.15) is 10.9 Å². The molecule has 0 bridgehead atoms. The molecular formula is C8H12FN3O3S. The van der Waals surface area contributed by atoms with Crippen molar-refractivity contribution in [1.29, 1.82) is 0 Å². The number of halogens is 1. The van der Waals surface area contributed by atoms with Gasteiger partial charge in [-0.05, 0) is 13.8 Å². The van der Waals surface area contributed by atoms with E-state index >= 15 is 0 Å². The van der Waals surface area contributed by atoms with Gasteiger partial charge in [0.05, 0.1) is 12.4 Å². The van der Waals surface area contributed by atoms with Crippen LogP contribution in [-0.2, 0) is 15.6 Å². The van der Waals surface area contributed by atoms with Crippen LogP contribution in [0.4, 0.5) is 4.39 Å². The number of nitrogens with zero attached hydrogens (tertiary/aromatic N) is 2. The van der Waals surface area contributed by atoms with Gasteiger partial charge >= 0.3 is 0 Å². The van der Waals surface area contributed by atoms with Crippen molar-refractivity contribution in [1.82, 2.24) is 9.97 Å². The zero-order valence-corrected chi connectivity index (χ0v) is 9.57. The highest BCUT2D eigenvalue weighted by molar-refractivity contribution is 7.89. The van der Waals surface area contributed by atoms with Crippen LogP contribution in [0.25, 0.3) is 0 Å². The maximum absolute atomic E-state index is 12.6. The lowest BCUT2D eigenvalue weighted by molar-refractivity contribution is 0.0468. The van der Waals surface area contributed by atoms with Crippen LogP contribution in [0.1, 0.15) is 19.7 Å². The second-order valence-corrected chi connectivity index (χ2v) is 5.49. The van der Waals surface area contributed by atoms with E-state index in [4.69, 9.17) is 5.14 Å². The summed E-state index contributed by atoms with van der Waals surface area (Å²) in [5.41, 5.74) is -1.87. The van der Waals surface area contributed by atoms with E-state index in [9.17, 15) is 17.9 Å². The van der Waals surface area contributed by atoms with E-state index in [1.54, 1.807) is 0 Å². The van der Waals surface area contributed by atoms with E-state index in [-0.39, 0.29) is 5.82 Å². The van der Waals surface area contributed by atoms with Gasteiger partial charge in [0.2, 0.25) is 10.0 Å². The molecule has 0 aromatic carbocycles. The zero-order valence-electron chi connectivity index (χ0n) is 8.75. The maximum Gasteiger partial charge on any atom is 0.215 e. The van der Waals surface area contributed by atoms with Gasteiger partial charge in [-0.2, -0.15) is 0 Å². The van der Waals surface area contributed by atoms with E-state index in [0.29, 0.717) is 0 Å². The molecule has 8 heteroatoms. The first-order chi connectivity index (χ1) is 7.15. The van der Waals surface area contributed by atoms with E-state index < -0.39 is 26.7 Å².